The maximum Gasteiger partial charge on any atom is 0.300 e. The van der Waals surface area contributed by atoms with E-state index in [9.17, 15) is 14.7 Å². The summed E-state index contributed by atoms with van der Waals surface area (Å²) in [6.45, 7) is 6.63. The molecule has 1 heterocycles. The average Bonchev–Trinajstić information content (AvgIpc) is 3.08. The summed E-state index contributed by atoms with van der Waals surface area (Å²) in [7, 11) is 0. The van der Waals surface area contributed by atoms with Crippen LogP contribution >= 0.6 is 11.6 Å². The summed E-state index contributed by atoms with van der Waals surface area (Å²) in [5, 5.41) is 11.8. The molecular weight excluding hydrogens is 450 g/mol. The first-order chi connectivity index (χ1) is 16.3. The Kier molecular flexibility index (Phi) is 6.75. The summed E-state index contributed by atoms with van der Waals surface area (Å²) in [4.78, 5) is 27.8. The van der Waals surface area contributed by atoms with Gasteiger partial charge < -0.3 is 9.84 Å². The molecule has 3 aromatic rings. The van der Waals surface area contributed by atoms with Crippen molar-refractivity contribution in [2.75, 3.05) is 11.5 Å². The van der Waals surface area contributed by atoms with E-state index in [1.54, 1.807) is 48.5 Å². The topological polar surface area (TPSA) is 66.8 Å². The number of hydrogen-bond acceptors (Lipinski definition) is 4. The van der Waals surface area contributed by atoms with Crippen molar-refractivity contribution in [2.24, 2.45) is 5.92 Å². The lowest BCUT2D eigenvalue weighted by atomic mass is 9.94. The summed E-state index contributed by atoms with van der Waals surface area (Å²) in [5.74, 6) is -0.614. The summed E-state index contributed by atoms with van der Waals surface area (Å²) in [6.07, 6.45) is 0. The predicted molar refractivity (Wildman–Crippen MR) is 134 cm³/mol. The number of hydrogen-bond donors (Lipinski definition) is 1. The Labute approximate surface area is 204 Å². The molecule has 1 saturated heterocycles. The van der Waals surface area contributed by atoms with Gasteiger partial charge in [-0.05, 0) is 66.9 Å². The van der Waals surface area contributed by atoms with Crippen LogP contribution in [0.4, 0.5) is 5.69 Å². The predicted octanol–water partition coefficient (Wildman–Crippen LogP) is 6.31. The SMILES string of the molecule is Cc1cccc(C2/C(=C(/O)c3ccc(OCC(C)C)cc3)C(=O)C(=O)N2c2ccc(Cl)cc2)c1. The molecule has 4 rings (SSSR count). The average molecular weight is 476 g/mol. The smallest absolute Gasteiger partial charge is 0.300 e. The lowest BCUT2D eigenvalue weighted by molar-refractivity contribution is -0.132. The molecule has 0 aromatic heterocycles. The van der Waals surface area contributed by atoms with Crippen LogP contribution in [0.25, 0.3) is 5.76 Å². The second-order valence-electron chi connectivity index (χ2n) is 8.79. The van der Waals surface area contributed by atoms with Gasteiger partial charge in [0.1, 0.15) is 11.5 Å². The van der Waals surface area contributed by atoms with Crippen molar-refractivity contribution in [2.45, 2.75) is 26.8 Å². The minimum atomic E-state index is -0.780. The third-order valence-corrected chi connectivity index (χ3v) is 5.87. The number of aryl methyl sites for hydroxylation is 1. The zero-order chi connectivity index (χ0) is 24.4. The molecule has 0 saturated carbocycles. The largest absolute Gasteiger partial charge is 0.507 e. The van der Waals surface area contributed by atoms with Crippen LogP contribution < -0.4 is 9.64 Å². The number of anilines is 1. The Morgan fingerprint density at radius 1 is 1.03 bits per heavy atom. The number of nitrogens with zero attached hydrogens (tertiary/aromatic N) is 1. The minimum absolute atomic E-state index is 0.0430. The van der Waals surface area contributed by atoms with Gasteiger partial charge in [-0.2, -0.15) is 0 Å². The second kappa shape index (κ2) is 9.74. The number of ketones is 1. The number of aliphatic hydroxyl groups is 1. The van der Waals surface area contributed by atoms with Crippen LogP contribution in [0.15, 0.2) is 78.4 Å². The van der Waals surface area contributed by atoms with Crippen LogP contribution in [0.5, 0.6) is 5.75 Å². The highest BCUT2D eigenvalue weighted by Gasteiger charge is 2.46. The van der Waals surface area contributed by atoms with E-state index in [-0.39, 0.29) is 11.3 Å². The van der Waals surface area contributed by atoms with Gasteiger partial charge in [0.15, 0.2) is 0 Å². The number of ether oxygens (including phenoxy) is 1. The fourth-order valence-electron chi connectivity index (χ4n) is 3.98. The molecule has 6 heteroatoms. The molecule has 34 heavy (non-hydrogen) atoms. The summed E-state index contributed by atoms with van der Waals surface area (Å²) in [5.41, 5.74) is 2.71. The highest BCUT2D eigenvalue weighted by atomic mass is 35.5. The normalized spacial score (nSPS) is 17.4. The molecule has 0 spiro atoms. The standard InChI is InChI=1S/C28H26ClNO4/c1-17(2)16-34-23-13-7-19(8-14-23)26(31)24-25(20-6-4-5-18(3)15-20)30(28(33)27(24)32)22-11-9-21(29)10-12-22/h4-15,17,25,31H,16H2,1-3H3/b26-24-. The first kappa shape index (κ1) is 23.6. The van der Waals surface area contributed by atoms with E-state index < -0.39 is 17.7 Å². The second-order valence-corrected chi connectivity index (χ2v) is 9.23. The number of carbonyl (C=O) groups is 2. The number of carbonyl (C=O) groups excluding carboxylic acids is 2. The highest BCUT2D eigenvalue weighted by molar-refractivity contribution is 6.51. The van der Waals surface area contributed by atoms with Crippen molar-refractivity contribution in [3.63, 3.8) is 0 Å². The Morgan fingerprint density at radius 3 is 2.32 bits per heavy atom. The summed E-state index contributed by atoms with van der Waals surface area (Å²) < 4.78 is 5.72. The number of benzene rings is 3. The van der Waals surface area contributed by atoms with Gasteiger partial charge in [0, 0.05) is 16.3 Å². The fourth-order valence-corrected chi connectivity index (χ4v) is 4.11. The lowest BCUT2D eigenvalue weighted by Gasteiger charge is -2.25. The zero-order valence-electron chi connectivity index (χ0n) is 19.3. The van der Waals surface area contributed by atoms with Gasteiger partial charge in [-0.15, -0.1) is 0 Å². The van der Waals surface area contributed by atoms with Gasteiger partial charge in [-0.25, -0.2) is 0 Å². The number of halogens is 1. The fraction of sp³-hybridized carbons (Fsp3) is 0.214. The van der Waals surface area contributed by atoms with E-state index in [2.05, 4.69) is 13.8 Å². The molecule has 1 aliphatic heterocycles. The van der Waals surface area contributed by atoms with Gasteiger partial charge in [0.25, 0.3) is 11.7 Å². The van der Waals surface area contributed by atoms with Gasteiger partial charge in [0.05, 0.1) is 18.2 Å². The van der Waals surface area contributed by atoms with Gasteiger partial charge in [0.2, 0.25) is 0 Å². The third-order valence-electron chi connectivity index (χ3n) is 5.62. The van der Waals surface area contributed by atoms with E-state index in [1.807, 2.05) is 31.2 Å². The molecule has 1 atom stereocenters. The monoisotopic (exact) mass is 475 g/mol. The molecule has 0 aliphatic carbocycles. The number of amides is 1. The van der Waals surface area contributed by atoms with E-state index in [0.29, 0.717) is 34.5 Å². The van der Waals surface area contributed by atoms with Crippen LogP contribution in [0, 0.1) is 12.8 Å². The zero-order valence-corrected chi connectivity index (χ0v) is 20.0. The Hall–Kier alpha value is -3.57. The maximum absolute atomic E-state index is 13.2. The van der Waals surface area contributed by atoms with Crippen LogP contribution in [-0.2, 0) is 9.59 Å². The Morgan fingerprint density at radius 2 is 1.71 bits per heavy atom. The summed E-state index contributed by atoms with van der Waals surface area (Å²) in [6, 6.07) is 20.4. The van der Waals surface area contributed by atoms with E-state index in [4.69, 9.17) is 16.3 Å². The van der Waals surface area contributed by atoms with Crippen LogP contribution in [-0.4, -0.2) is 23.4 Å². The first-order valence-corrected chi connectivity index (χ1v) is 11.5. The molecule has 3 aromatic carbocycles. The van der Waals surface area contributed by atoms with Crippen molar-refractivity contribution < 1.29 is 19.4 Å². The minimum Gasteiger partial charge on any atom is -0.507 e. The summed E-state index contributed by atoms with van der Waals surface area (Å²) >= 11 is 6.04. The molecule has 1 fully saturated rings. The Bertz CT molecular complexity index is 1250. The van der Waals surface area contributed by atoms with Crippen molar-refractivity contribution >= 4 is 34.7 Å². The lowest BCUT2D eigenvalue weighted by Crippen LogP contribution is -2.29. The maximum atomic E-state index is 13.2. The molecule has 1 aliphatic rings. The van der Waals surface area contributed by atoms with Crippen LogP contribution in [0.1, 0.15) is 36.6 Å². The van der Waals surface area contributed by atoms with E-state index in [0.717, 1.165) is 11.1 Å². The molecule has 0 radical (unpaired) electrons. The number of aliphatic hydroxyl groups excluding tert-OH is 1. The van der Waals surface area contributed by atoms with Gasteiger partial charge in [-0.3, -0.25) is 14.5 Å². The van der Waals surface area contributed by atoms with E-state index >= 15 is 0 Å². The van der Waals surface area contributed by atoms with Gasteiger partial charge in [-0.1, -0.05) is 55.3 Å². The molecular formula is C28H26ClNO4. The quantitative estimate of drug-likeness (QED) is 0.258. The van der Waals surface area contributed by atoms with Gasteiger partial charge >= 0.3 is 0 Å². The van der Waals surface area contributed by atoms with Crippen molar-refractivity contribution in [3.05, 3.63) is 100 Å². The van der Waals surface area contributed by atoms with Crippen LogP contribution in [0.3, 0.4) is 0 Å². The van der Waals surface area contributed by atoms with E-state index in [1.165, 1.54) is 4.90 Å². The van der Waals surface area contributed by atoms with Crippen LogP contribution in [0.2, 0.25) is 5.02 Å². The van der Waals surface area contributed by atoms with Crippen molar-refractivity contribution in [3.8, 4) is 5.75 Å². The molecule has 5 nitrogen and oxygen atoms in total. The van der Waals surface area contributed by atoms with Crippen molar-refractivity contribution in [1.29, 1.82) is 0 Å². The molecule has 0 bridgehead atoms. The Balaban J connectivity index is 1.82. The third kappa shape index (κ3) is 4.70. The molecule has 1 amide bonds. The number of rotatable bonds is 6. The number of Topliss-reactive ketones (excluding diaryl/α,β-unsaturated/α-hetero) is 1. The molecule has 174 valence electrons. The molecule has 1 N–H and O–H groups in total. The van der Waals surface area contributed by atoms with Crippen molar-refractivity contribution in [1.82, 2.24) is 0 Å². The highest BCUT2D eigenvalue weighted by Crippen LogP contribution is 2.42. The molecule has 1 unspecified atom stereocenters. The first-order valence-electron chi connectivity index (χ1n) is 11.1.